The van der Waals surface area contributed by atoms with E-state index in [0.29, 0.717) is 54.3 Å². The SMILES string of the molecule is COc1cc(CO[C@H]2CN(OC(=O)OC(C)(C)C)C[C@@H](OCc3cc(OC)c(OC)c(OC)c3)C2c2ccc(OCCCOCc3ccccc3)cc2)cc(OC)c1OC. The summed E-state index contributed by atoms with van der Waals surface area (Å²) in [7, 11) is 9.36. The predicted octanol–water partition coefficient (Wildman–Crippen LogP) is 8.16. The number of hydroxylamine groups is 2. The molecular weight excluding hydrogens is 774 g/mol. The van der Waals surface area contributed by atoms with E-state index >= 15 is 0 Å². The van der Waals surface area contributed by atoms with Crippen LogP contribution in [0.3, 0.4) is 0 Å². The van der Waals surface area contributed by atoms with Crippen molar-refractivity contribution in [3.8, 4) is 40.2 Å². The van der Waals surface area contributed by atoms with Crippen molar-refractivity contribution in [1.82, 2.24) is 5.06 Å². The average Bonchev–Trinajstić information content (AvgIpc) is 3.25. The van der Waals surface area contributed by atoms with Gasteiger partial charge in [-0.25, -0.2) is 4.79 Å². The molecule has 60 heavy (non-hydrogen) atoms. The molecule has 3 atom stereocenters. The number of piperidine rings is 1. The highest BCUT2D eigenvalue weighted by Gasteiger charge is 2.42. The second-order valence-corrected chi connectivity index (χ2v) is 15.0. The molecule has 4 aromatic rings. The zero-order valence-corrected chi connectivity index (χ0v) is 36.1. The number of ether oxygens (including phenoxy) is 11. The van der Waals surface area contributed by atoms with Gasteiger partial charge in [0.25, 0.3) is 0 Å². The Morgan fingerprint density at radius 3 is 1.57 bits per heavy atom. The second kappa shape index (κ2) is 22.3. The molecule has 0 bridgehead atoms. The van der Waals surface area contributed by atoms with Gasteiger partial charge in [0.1, 0.15) is 11.4 Å². The van der Waals surface area contributed by atoms with Crippen molar-refractivity contribution in [2.45, 2.75) is 70.7 Å². The lowest BCUT2D eigenvalue weighted by molar-refractivity contribution is -0.209. The van der Waals surface area contributed by atoms with E-state index < -0.39 is 24.0 Å². The molecule has 1 saturated heterocycles. The Hall–Kier alpha value is -5.41. The molecule has 0 N–H and O–H groups in total. The van der Waals surface area contributed by atoms with Gasteiger partial charge in [-0.1, -0.05) is 42.5 Å². The smallest absolute Gasteiger partial charge is 0.494 e. The minimum Gasteiger partial charge on any atom is -0.494 e. The number of nitrogens with zero attached hydrogens (tertiary/aromatic N) is 1. The first-order valence-electron chi connectivity index (χ1n) is 19.8. The molecule has 326 valence electrons. The van der Waals surface area contributed by atoms with Crippen LogP contribution in [0.25, 0.3) is 0 Å². The normalized spacial score (nSPS) is 16.7. The zero-order chi connectivity index (χ0) is 43.1. The van der Waals surface area contributed by atoms with Crippen LogP contribution in [-0.4, -0.2) is 98.0 Å². The number of hydrogen-bond donors (Lipinski definition) is 0. The van der Waals surface area contributed by atoms with Gasteiger partial charge in [-0.2, -0.15) is 0 Å². The van der Waals surface area contributed by atoms with Crippen LogP contribution in [0, 0.1) is 0 Å². The summed E-state index contributed by atoms with van der Waals surface area (Å²) in [5, 5.41) is 1.53. The van der Waals surface area contributed by atoms with Gasteiger partial charge < -0.3 is 56.9 Å². The zero-order valence-electron chi connectivity index (χ0n) is 36.1. The third kappa shape index (κ3) is 12.8. The number of rotatable bonds is 21. The standard InChI is InChI=1S/C46H59NO13/c1-46(2,3)59-45(48)60-47-26-40(57-29-32-22-36(49-4)43(53-8)37(23-32)50-5)42(41(27-47)58-30-33-24-38(51-6)44(54-9)39(25-33)52-7)34-16-18-35(19-17-34)56-21-13-20-55-28-31-14-11-10-12-15-31/h10-12,14-19,22-25,40-42H,13,20-21,26-30H2,1-9H3/t40-,41+,42?. The van der Waals surface area contributed by atoms with Gasteiger partial charge in [-0.3, -0.25) is 0 Å². The van der Waals surface area contributed by atoms with Crippen LogP contribution in [0.4, 0.5) is 4.79 Å². The summed E-state index contributed by atoms with van der Waals surface area (Å²) >= 11 is 0. The molecule has 0 aromatic heterocycles. The third-order valence-electron chi connectivity index (χ3n) is 9.62. The van der Waals surface area contributed by atoms with E-state index in [1.165, 1.54) is 5.06 Å². The Bertz CT molecular complexity index is 1810. The maximum Gasteiger partial charge on any atom is 0.528 e. The van der Waals surface area contributed by atoms with Crippen LogP contribution in [0.1, 0.15) is 55.4 Å². The molecule has 1 heterocycles. The van der Waals surface area contributed by atoms with Crippen LogP contribution in [0.5, 0.6) is 40.2 Å². The average molecular weight is 834 g/mol. The quantitative estimate of drug-likeness (QED) is 0.0591. The van der Waals surface area contributed by atoms with E-state index in [0.717, 1.165) is 34.4 Å². The van der Waals surface area contributed by atoms with E-state index in [1.807, 2.05) is 78.9 Å². The topological polar surface area (TPSA) is 131 Å². The van der Waals surface area contributed by atoms with Crippen molar-refractivity contribution in [3.05, 3.63) is 101 Å². The van der Waals surface area contributed by atoms with Crippen molar-refractivity contribution in [2.24, 2.45) is 0 Å². The van der Waals surface area contributed by atoms with Gasteiger partial charge in [0.2, 0.25) is 11.5 Å². The minimum absolute atomic E-state index is 0.158. The summed E-state index contributed by atoms with van der Waals surface area (Å²) in [6.07, 6.45) is -1.21. The molecule has 14 heteroatoms. The van der Waals surface area contributed by atoms with Crippen molar-refractivity contribution in [3.63, 3.8) is 0 Å². The maximum atomic E-state index is 13.0. The minimum atomic E-state index is -0.834. The third-order valence-corrected chi connectivity index (χ3v) is 9.62. The Balaban J connectivity index is 1.41. The molecule has 1 aliphatic heterocycles. The Morgan fingerprint density at radius 2 is 1.12 bits per heavy atom. The fraction of sp³-hybridized carbons (Fsp3) is 0.457. The number of benzene rings is 4. The van der Waals surface area contributed by atoms with E-state index in [-0.39, 0.29) is 32.2 Å². The van der Waals surface area contributed by atoms with Crippen LogP contribution in [0.2, 0.25) is 0 Å². The first-order chi connectivity index (χ1) is 29.0. The van der Waals surface area contributed by atoms with Crippen molar-refractivity contribution < 1.29 is 61.7 Å². The first-order valence-corrected chi connectivity index (χ1v) is 19.8. The van der Waals surface area contributed by atoms with E-state index in [9.17, 15) is 4.79 Å². The highest BCUT2D eigenvalue weighted by atomic mass is 16.8. The number of hydrogen-bond acceptors (Lipinski definition) is 14. The predicted molar refractivity (Wildman–Crippen MR) is 224 cm³/mol. The molecule has 0 radical (unpaired) electrons. The van der Waals surface area contributed by atoms with Crippen LogP contribution < -0.4 is 33.2 Å². The van der Waals surface area contributed by atoms with Crippen molar-refractivity contribution in [1.29, 1.82) is 0 Å². The number of carbonyl (C=O) groups excluding carboxylic acids is 1. The molecule has 1 aliphatic rings. The second-order valence-electron chi connectivity index (χ2n) is 15.0. The molecule has 1 unspecified atom stereocenters. The summed E-state index contributed by atoms with van der Waals surface area (Å²) < 4.78 is 64.5. The summed E-state index contributed by atoms with van der Waals surface area (Å²) in [6, 6.07) is 25.3. The van der Waals surface area contributed by atoms with E-state index in [4.69, 9.17) is 56.9 Å². The highest BCUT2D eigenvalue weighted by molar-refractivity contribution is 5.60. The molecule has 0 aliphatic carbocycles. The molecular formula is C46H59NO13. The number of methoxy groups -OCH3 is 6. The van der Waals surface area contributed by atoms with Gasteiger partial charge in [-0.15, -0.1) is 5.06 Å². The number of carbonyl (C=O) groups is 1. The molecule has 0 amide bonds. The summed E-state index contributed by atoms with van der Waals surface area (Å²) in [5.41, 5.74) is 2.86. The van der Waals surface area contributed by atoms with E-state index in [1.54, 1.807) is 63.4 Å². The fourth-order valence-corrected chi connectivity index (χ4v) is 6.88. The van der Waals surface area contributed by atoms with Gasteiger partial charge in [0.15, 0.2) is 23.0 Å². The summed E-state index contributed by atoms with van der Waals surface area (Å²) in [6.45, 7) is 7.70. The van der Waals surface area contributed by atoms with E-state index in [2.05, 4.69) is 0 Å². The highest BCUT2D eigenvalue weighted by Crippen LogP contribution is 2.41. The molecule has 0 spiro atoms. The molecule has 14 nitrogen and oxygen atoms in total. The van der Waals surface area contributed by atoms with Gasteiger partial charge in [0, 0.05) is 12.3 Å². The largest absolute Gasteiger partial charge is 0.528 e. The lowest BCUT2D eigenvalue weighted by Gasteiger charge is -2.42. The lowest BCUT2D eigenvalue weighted by atomic mass is 9.85. The van der Waals surface area contributed by atoms with Crippen LogP contribution in [-0.2, 0) is 43.6 Å². The summed E-state index contributed by atoms with van der Waals surface area (Å²) in [4.78, 5) is 18.8. The first kappa shape index (κ1) is 45.7. The van der Waals surface area contributed by atoms with Gasteiger partial charge in [-0.05, 0) is 79.4 Å². The maximum absolute atomic E-state index is 13.0. The van der Waals surface area contributed by atoms with Gasteiger partial charge in [0.05, 0.1) is 101 Å². The van der Waals surface area contributed by atoms with Gasteiger partial charge >= 0.3 is 6.16 Å². The lowest BCUT2D eigenvalue weighted by Crippen LogP contribution is -2.53. The fourth-order valence-electron chi connectivity index (χ4n) is 6.88. The van der Waals surface area contributed by atoms with Crippen molar-refractivity contribution >= 4 is 6.16 Å². The summed E-state index contributed by atoms with van der Waals surface area (Å²) in [5.74, 6) is 3.30. The van der Waals surface area contributed by atoms with Crippen LogP contribution >= 0.6 is 0 Å². The molecule has 5 rings (SSSR count). The van der Waals surface area contributed by atoms with Crippen LogP contribution in [0.15, 0.2) is 78.9 Å². The Kier molecular flexibility index (Phi) is 16.9. The van der Waals surface area contributed by atoms with Crippen molar-refractivity contribution in [2.75, 3.05) is 69.0 Å². The monoisotopic (exact) mass is 833 g/mol. The molecule has 4 aromatic carbocycles. The molecule has 0 saturated carbocycles. The molecule has 1 fully saturated rings. The Labute approximate surface area is 353 Å². The Morgan fingerprint density at radius 1 is 0.617 bits per heavy atom.